The lowest BCUT2D eigenvalue weighted by molar-refractivity contribution is -0.116. The van der Waals surface area contributed by atoms with Crippen molar-refractivity contribution >= 4 is 44.8 Å². The molecule has 0 bridgehead atoms. The van der Waals surface area contributed by atoms with Gasteiger partial charge >= 0.3 is 0 Å². The van der Waals surface area contributed by atoms with Gasteiger partial charge in [-0.1, -0.05) is 32.9 Å². The third kappa shape index (κ3) is 5.64. The van der Waals surface area contributed by atoms with Crippen LogP contribution in [0, 0.1) is 0 Å². The zero-order chi connectivity index (χ0) is 21.9. The molecule has 2 N–H and O–H groups in total. The molecule has 3 rings (SSSR count). The summed E-state index contributed by atoms with van der Waals surface area (Å²) in [4.78, 5) is 25.1. The largest absolute Gasteiger partial charge is 0.326 e. The van der Waals surface area contributed by atoms with Crippen LogP contribution in [0.15, 0.2) is 52.3 Å². The second kappa shape index (κ2) is 9.22. The summed E-state index contributed by atoms with van der Waals surface area (Å²) < 4.78 is 25.5. The number of rotatable bonds is 6. The number of hydrogen-bond acceptors (Lipinski definition) is 5. The third-order valence-corrected chi connectivity index (χ3v) is 7.74. The predicted molar refractivity (Wildman–Crippen MR) is 121 cm³/mol. The zero-order valence-electron chi connectivity index (χ0n) is 17.3. The van der Waals surface area contributed by atoms with Gasteiger partial charge in [0, 0.05) is 28.7 Å². The molecule has 0 radical (unpaired) electrons. The number of fused-ring (bicyclic) bond motifs is 1. The van der Waals surface area contributed by atoms with E-state index in [1.807, 2.05) is 31.2 Å². The Morgan fingerprint density at radius 3 is 2.57 bits per heavy atom. The predicted octanol–water partition coefficient (Wildman–Crippen LogP) is 4.44. The van der Waals surface area contributed by atoms with Gasteiger partial charge in [-0.3, -0.25) is 9.59 Å². The van der Waals surface area contributed by atoms with Crippen LogP contribution in [0.1, 0.15) is 45.1 Å². The van der Waals surface area contributed by atoms with Crippen molar-refractivity contribution in [2.24, 2.45) is 0 Å². The van der Waals surface area contributed by atoms with Gasteiger partial charge in [-0.15, -0.1) is 11.8 Å². The molecule has 160 valence electrons. The average molecular weight is 447 g/mol. The van der Waals surface area contributed by atoms with E-state index in [1.165, 1.54) is 29.5 Å². The summed E-state index contributed by atoms with van der Waals surface area (Å²) in [6, 6.07) is 12.3. The number of sulfone groups is 1. The molecule has 30 heavy (non-hydrogen) atoms. The molecule has 2 aromatic rings. The Labute approximate surface area is 181 Å². The first kappa shape index (κ1) is 22.4. The molecule has 2 amide bonds. The van der Waals surface area contributed by atoms with Crippen molar-refractivity contribution in [2.45, 2.75) is 54.6 Å². The average Bonchev–Trinajstić information content (AvgIpc) is 2.82. The lowest BCUT2D eigenvalue weighted by Gasteiger charge is -2.11. The molecule has 0 saturated heterocycles. The highest BCUT2D eigenvalue weighted by molar-refractivity contribution is 8.00. The highest BCUT2D eigenvalue weighted by Crippen LogP contribution is 2.36. The second-order valence-electron chi connectivity index (χ2n) is 7.73. The lowest BCUT2D eigenvalue weighted by atomic mass is 10.0. The Morgan fingerprint density at radius 1 is 1.20 bits per heavy atom. The third-order valence-electron chi connectivity index (χ3n) is 4.84. The number of thioether (sulfide) groups is 1. The molecule has 0 fully saturated rings. The van der Waals surface area contributed by atoms with Crippen molar-refractivity contribution in [3.63, 3.8) is 0 Å². The van der Waals surface area contributed by atoms with Crippen molar-refractivity contribution in [3.8, 4) is 0 Å². The van der Waals surface area contributed by atoms with E-state index in [1.54, 1.807) is 6.07 Å². The van der Waals surface area contributed by atoms with Crippen molar-refractivity contribution < 1.29 is 18.0 Å². The molecule has 0 saturated carbocycles. The summed E-state index contributed by atoms with van der Waals surface area (Å²) in [6.45, 7) is 6.14. The Kier molecular flexibility index (Phi) is 6.88. The molecule has 0 unspecified atom stereocenters. The van der Waals surface area contributed by atoms with E-state index in [-0.39, 0.29) is 34.1 Å². The molecule has 1 heterocycles. The van der Waals surface area contributed by atoms with Gasteiger partial charge in [0.05, 0.1) is 16.3 Å². The smallest absolute Gasteiger partial charge is 0.225 e. The minimum atomic E-state index is -3.66. The SMILES string of the molecule is CC(C)c1ccc(NC(=O)CCS(=O)(=O)c2ccc3c(c2)NC(=O)C[C@H](C)S3)cc1. The quantitative estimate of drug-likeness (QED) is 0.685. The second-order valence-corrected chi connectivity index (χ2v) is 11.3. The fourth-order valence-electron chi connectivity index (χ4n) is 3.14. The first-order valence-electron chi connectivity index (χ1n) is 9.87. The molecular formula is C22H26N2O4S2. The number of anilines is 2. The highest BCUT2D eigenvalue weighted by atomic mass is 32.2. The minimum absolute atomic E-state index is 0.103. The normalized spacial score (nSPS) is 16.5. The van der Waals surface area contributed by atoms with Crippen molar-refractivity contribution in [1.82, 2.24) is 0 Å². The monoisotopic (exact) mass is 446 g/mol. The van der Waals surface area contributed by atoms with Gasteiger partial charge < -0.3 is 10.6 Å². The van der Waals surface area contributed by atoms with E-state index in [0.29, 0.717) is 23.7 Å². The van der Waals surface area contributed by atoms with Gasteiger partial charge in [-0.2, -0.15) is 0 Å². The standard InChI is InChI=1S/C22H26N2O4S2/c1-14(2)16-4-6-17(7-5-16)23-21(25)10-11-30(27,28)18-8-9-20-19(13-18)24-22(26)12-15(3)29-20/h4-9,13-15H,10-12H2,1-3H3,(H,23,25)(H,24,26)/t15-/m0/s1. The zero-order valence-corrected chi connectivity index (χ0v) is 18.9. The summed E-state index contributed by atoms with van der Waals surface area (Å²) in [7, 11) is -3.66. The maximum absolute atomic E-state index is 12.7. The van der Waals surface area contributed by atoms with Gasteiger partial charge in [0.1, 0.15) is 0 Å². The van der Waals surface area contributed by atoms with E-state index in [9.17, 15) is 18.0 Å². The molecule has 2 aromatic carbocycles. The first-order chi connectivity index (χ1) is 14.1. The van der Waals surface area contributed by atoms with Crippen molar-refractivity contribution in [2.75, 3.05) is 16.4 Å². The summed E-state index contributed by atoms with van der Waals surface area (Å²) >= 11 is 1.54. The minimum Gasteiger partial charge on any atom is -0.326 e. The molecule has 8 heteroatoms. The van der Waals surface area contributed by atoms with Gasteiger partial charge in [-0.25, -0.2) is 8.42 Å². The Balaban J connectivity index is 1.65. The molecule has 1 aliphatic heterocycles. The van der Waals surface area contributed by atoms with Crippen LogP contribution in [0.5, 0.6) is 0 Å². The topological polar surface area (TPSA) is 92.3 Å². The summed E-state index contributed by atoms with van der Waals surface area (Å²) in [5.41, 5.74) is 2.31. The first-order valence-corrected chi connectivity index (χ1v) is 12.4. The molecule has 6 nitrogen and oxygen atoms in total. The fourth-order valence-corrected chi connectivity index (χ4v) is 5.46. The molecule has 1 atom stereocenters. The van der Waals surface area contributed by atoms with Crippen LogP contribution in [-0.2, 0) is 19.4 Å². The van der Waals surface area contributed by atoms with Crippen LogP contribution < -0.4 is 10.6 Å². The van der Waals surface area contributed by atoms with Crippen molar-refractivity contribution in [3.05, 3.63) is 48.0 Å². The van der Waals surface area contributed by atoms with Crippen LogP contribution >= 0.6 is 11.8 Å². The molecule has 0 aromatic heterocycles. The fraction of sp³-hybridized carbons (Fsp3) is 0.364. The van der Waals surface area contributed by atoms with Crippen LogP contribution in [0.3, 0.4) is 0 Å². The summed E-state index contributed by atoms with van der Waals surface area (Å²) in [5.74, 6) is -0.402. The van der Waals surface area contributed by atoms with E-state index in [0.717, 1.165) is 4.90 Å². The van der Waals surface area contributed by atoms with Gasteiger partial charge in [0.25, 0.3) is 0 Å². The number of hydrogen-bond donors (Lipinski definition) is 2. The number of nitrogens with one attached hydrogen (secondary N) is 2. The summed E-state index contributed by atoms with van der Waals surface area (Å²) in [6.07, 6.45) is 0.225. The lowest BCUT2D eigenvalue weighted by Crippen LogP contribution is -2.18. The van der Waals surface area contributed by atoms with Crippen LogP contribution in [-0.4, -0.2) is 31.2 Å². The Hall–Kier alpha value is -2.32. The summed E-state index contributed by atoms with van der Waals surface area (Å²) in [5, 5.41) is 5.63. The number of carbonyl (C=O) groups excluding carboxylic acids is 2. The molecule has 1 aliphatic rings. The number of carbonyl (C=O) groups is 2. The number of amides is 2. The Morgan fingerprint density at radius 2 is 1.90 bits per heavy atom. The number of benzene rings is 2. The maximum Gasteiger partial charge on any atom is 0.225 e. The maximum atomic E-state index is 12.7. The van der Waals surface area contributed by atoms with E-state index < -0.39 is 9.84 Å². The van der Waals surface area contributed by atoms with E-state index >= 15 is 0 Å². The van der Waals surface area contributed by atoms with Crippen molar-refractivity contribution in [1.29, 1.82) is 0 Å². The Bertz CT molecular complexity index is 1050. The van der Waals surface area contributed by atoms with Crippen LogP contribution in [0.25, 0.3) is 0 Å². The van der Waals surface area contributed by atoms with E-state index in [4.69, 9.17) is 0 Å². The van der Waals surface area contributed by atoms with Crippen LogP contribution in [0.4, 0.5) is 11.4 Å². The van der Waals surface area contributed by atoms with Gasteiger partial charge in [0.15, 0.2) is 9.84 Å². The van der Waals surface area contributed by atoms with E-state index in [2.05, 4.69) is 24.5 Å². The molecule has 0 aliphatic carbocycles. The molecule has 0 spiro atoms. The van der Waals surface area contributed by atoms with Gasteiger partial charge in [-0.05, 0) is 41.8 Å². The highest BCUT2D eigenvalue weighted by Gasteiger charge is 2.23. The molecular weight excluding hydrogens is 420 g/mol. The van der Waals surface area contributed by atoms with Gasteiger partial charge in [0.2, 0.25) is 11.8 Å². The van der Waals surface area contributed by atoms with Crippen LogP contribution in [0.2, 0.25) is 0 Å².